The second kappa shape index (κ2) is 35.1. The van der Waals surface area contributed by atoms with Gasteiger partial charge in [0.15, 0.2) is 24.6 Å². The maximum Gasteiger partial charge on any atom is 0.171 e. The summed E-state index contributed by atoms with van der Waals surface area (Å²) in [6, 6.07) is 172. The van der Waals surface area contributed by atoms with E-state index in [0.29, 0.717) is 17.5 Å². The smallest absolute Gasteiger partial charge is 0.171 e. The molecule has 0 saturated heterocycles. The number of imidazole rings is 3. The summed E-state index contributed by atoms with van der Waals surface area (Å²) in [7, 11) is -3.05. The highest BCUT2D eigenvalue weighted by Crippen LogP contribution is 2.47. The molecular formula is C129H82N13OP. The van der Waals surface area contributed by atoms with E-state index < -0.39 is 7.14 Å². The predicted molar refractivity (Wildman–Crippen MR) is 595 cm³/mol. The summed E-state index contributed by atoms with van der Waals surface area (Å²) < 4.78 is 21.7. The van der Waals surface area contributed by atoms with Gasteiger partial charge in [-0.15, -0.1) is 0 Å². The van der Waals surface area contributed by atoms with Gasteiger partial charge in [0.1, 0.15) is 16.9 Å². The van der Waals surface area contributed by atoms with Crippen molar-refractivity contribution in [1.82, 2.24) is 58.1 Å². The van der Waals surface area contributed by atoms with Gasteiger partial charge in [0, 0.05) is 98.1 Å². The Morgan fingerprint density at radius 2 is 0.424 bits per heavy atom. The van der Waals surface area contributed by atoms with Gasteiger partial charge in [-0.2, -0.15) is 0 Å². The Balaban J connectivity index is 0.000000108. The van der Waals surface area contributed by atoms with Crippen LogP contribution in [0.1, 0.15) is 0 Å². The maximum absolute atomic E-state index is 14.9. The third kappa shape index (κ3) is 14.7. The lowest BCUT2D eigenvalue weighted by Gasteiger charge is -2.26. The molecule has 0 aliphatic heterocycles. The van der Waals surface area contributed by atoms with Gasteiger partial charge in [-0.05, 0) is 184 Å². The molecule has 10 aromatic heterocycles. The average Bonchev–Trinajstić information content (AvgIpc) is 1.50. The number of rotatable bonds is 13. The van der Waals surface area contributed by atoms with Crippen LogP contribution in [0.25, 0.3) is 227 Å². The number of nitrogens with zero attached hydrogens (tertiary/aromatic N) is 13. The number of hydrogen-bond acceptors (Lipinski definition) is 11. The van der Waals surface area contributed by atoms with Gasteiger partial charge < -0.3 is 9.46 Å². The number of benzene rings is 19. The summed E-state index contributed by atoms with van der Waals surface area (Å²) in [5.41, 5.74) is 32.9. The van der Waals surface area contributed by atoms with Crippen LogP contribution in [-0.2, 0) is 4.57 Å². The lowest BCUT2D eigenvalue weighted by Crippen LogP contribution is -2.24. The molecule has 0 bridgehead atoms. The number of pyridine rings is 6. The number of hydrogen-bond donors (Lipinski definition) is 0. The van der Waals surface area contributed by atoms with Crippen molar-refractivity contribution in [3.05, 3.63) is 497 Å². The largest absolute Gasteiger partial charge is 0.310 e. The fourth-order valence-electron chi connectivity index (χ4n) is 20.7. The molecule has 0 unspecified atom stereocenters. The van der Waals surface area contributed by atoms with Crippen LogP contribution in [0, 0.1) is 0 Å². The lowest BCUT2D eigenvalue weighted by atomic mass is 10.00. The molecule has 0 aliphatic rings. The van der Waals surface area contributed by atoms with Crippen molar-refractivity contribution in [3.8, 4) is 78.7 Å². The highest BCUT2D eigenvalue weighted by molar-refractivity contribution is 7.85. The van der Waals surface area contributed by atoms with E-state index in [9.17, 15) is 4.57 Å². The van der Waals surface area contributed by atoms with Gasteiger partial charge in [0.05, 0.1) is 82.8 Å². The maximum atomic E-state index is 14.9. The molecule has 0 spiro atoms. The van der Waals surface area contributed by atoms with Crippen LogP contribution in [0.4, 0.5) is 17.1 Å². The van der Waals surface area contributed by atoms with Crippen molar-refractivity contribution in [2.45, 2.75) is 0 Å². The number of anilines is 3. The average molecular weight is 1860 g/mol. The van der Waals surface area contributed by atoms with Crippen LogP contribution in [0.3, 0.4) is 0 Å². The van der Waals surface area contributed by atoms with E-state index in [2.05, 4.69) is 352 Å². The minimum absolute atomic E-state index is 0.634. The molecule has 29 rings (SSSR count). The first kappa shape index (κ1) is 84.2. The minimum Gasteiger partial charge on any atom is -0.310 e. The van der Waals surface area contributed by atoms with Gasteiger partial charge in [-0.1, -0.05) is 358 Å². The van der Waals surface area contributed by atoms with Gasteiger partial charge in [-0.25, -0.2) is 44.9 Å². The molecule has 144 heavy (non-hydrogen) atoms. The molecule has 0 fully saturated rings. The zero-order valence-electron chi connectivity index (χ0n) is 77.5. The second-order valence-corrected chi connectivity index (χ2v) is 39.0. The van der Waals surface area contributed by atoms with E-state index in [0.717, 1.165) is 220 Å². The van der Waals surface area contributed by atoms with Crippen LogP contribution in [0.15, 0.2) is 497 Å². The van der Waals surface area contributed by atoms with Crippen LogP contribution >= 0.6 is 7.14 Å². The van der Waals surface area contributed by atoms with Crippen molar-refractivity contribution in [2.75, 3.05) is 4.90 Å². The fourth-order valence-corrected chi connectivity index (χ4v) is 23.4. The van der Waals surface area contributed by atoms with Gasteiger partial charge in [0.25, 0.3) is 0 Å². The zero-order valence-corrected chi connectivity index (χ0v) is 78.4. The number of para-hydroxylation sites is 9. The summed E-state index contributed by atoms with van der Waals surface area (Å²) in [5.74, 6) is 1.93. The molecule has 0 saturated carbocycles. The van der Waals surface area contributed by atoms with E-state index in [4.69, 9.17) is 44.9 Å². The van der Waals surface area contributed by atoms with Crippen molar-refractivity contribution >= 4 is 188 Å². The fraction of sp³-hybridized carbons (Fsp3) is 0. The SMILES string of the molecule is O=P(c1ccccc1)(c1ccccc1)c1ccc(-c2ccc3c(c2)c2nc4ccccc4cc2c2nc4ccccc4n32)cc1.c1ccc(-c2ccc(N(c3ccc(-c4ccccc4)cc3)c3ccc4c(c3)c3nc5ccccc5cc3c3nc5ccccc5n43)cc2)cc1.c1ccc(-c2nc(-c3ccccc3)nc(-c3ccc(-c4ccc5c(c4)c4nc6ccccc6cc4c4nc6ccccc6n54)cc3)n2)cc1. The molecule has 0 atom stereocenters. The second-order valence-electron chi connectivity index (χ2n) is 36.3. The molecule has 0 radical (unpaired) electrons. The van der Waals surface area contributed by atoms with E-state index in [-0.39, 0.29) is 0 Å². The lowest BCUT2D eigenvalue weighted by molar-refractivity contribution is 0.592. The van der Waals surface area contributed by atoms with Crippen LogP contribution in [0.5, 0.6) is 0 Å². The van der Waals surface area contributed by atoms with Crippen molar-refractivity contribution < 1.29 is 4.57 Å². The predicted octanol–water partition coefficient (Wildman–Crippen LogP) is 31.0. The topological polar surface area (TPSA) is 150 Å². The summed E-state index contributed by atoms with van der Waals surface area (Å²) in [6.07, 6.45) is 0. The molecule has 0 aliphatic carbocycles. The Labute approximate surface area is 826 Å². The van der Waals surface area contributed by atoms with Crippen molar-refractivity contribution in [3.63, 3.8) is 0 Å². The third-order valence-electron chi connectivity index (χ3n) is 27.7. The summed E-state index contributed by atoms with van der Waals surface area (Å²) >= 11 is 0. The molecule has 674 valence electrons. The Morgan fingerprint density at radius 3 is 0.792 bits per heavy atom. The number of aromatic nitrogens is 12. The van der Waals surface area contributed by atoms with Crippen molar-refractivity contribution in [1.29, 1.82) is 0 Å². The highest BCUT2D eigenvalue weighted by atomic mass is 31.2. The normalized spacial score (nSPS) is 11.8. The number of fused-ring (bicyclic) bond motifs is 27. The molecule has 15 heteroatoms. The Bertz CT molecular complexity index is 9980. The molecular weight excluding hydrogens is 1780 g/mol. The molecule has 0 N–H and O–H groups in total. The summed E-state index contributed by atoms with van der Waals surface area (Å²) in [5, 5.41) is 12.1. The molecule has 29 aromatic rings. The minimum atomic E-state index is -3.05. The molecule has 0 amide bonds. The van der Waals surface area contributed by atoms with Gasteiger partial charge >= 0.3 is 0 Å². The Kier molecular flexibility index (Phi) is 20.5. The monoisotopic (exact) mass is 1860 g/mol. The van der Waals surface area contributed by atoms with Gasteiger partial charge in [0.2, 0.25) is 0 Å². The summed E-state index contributed by atoms with van der Waals surface area (Å²) in [4.78, 5) is 48.0. The molecule has 19 aromatic carbocycles. The highest BCUT2D eigenvalue weighted by Gasteiger charge is 2.31. The van der Waals surface area contributed by atoms with E-state index >= 15 is 0 Å². The van der Waals surface area contributed by atoms with Crippen LogP contribution in [0.2, 0.25) is 0 Å². The Hall–Kier alpha value is -19.1. The first-order valence-corrected chi connectivity index (χ1v) is 49.9. The first-order valence-electron chi connectivity index (χ1n) is 48.2. The quantitative estimate of drug-likeness (QED) is 0.0617. The van der Waals surface area contributed by atoms with E-state index in [1.807, 2.05) is 164 Å². The third-order valence-corrected chi connectivity index (χ3v) is 30.8. The Morgan fingerprint density at radius 1 is 0.174 bits per heavy atom. The zero-order chi connectivity index (χ0) is 95.3. The van der Waals surface area contributed by atoms with E-state index in [1.165, 1.54) is 22.3 Å². The van der Waals surface area contributed by atoms with Crippen molar-refractivity contribution in [2.24, 2.45) is 0 Å². The van der Waals surface area contributed by atoms with Gasteiger partial charge in [-0.3, -0.25) is 13.2 Å². The molecule has 10 heterocycles. The summed E-state index contributed by atoms with van der Waals surface area (Å²) in [6.45, 7) is 0. The molecule has 14 nitrogen and oxygen atoms in total. The first-order chi connectivity index (χ1) is 71.2. The van der Waals surface area contributed by atoms with E-state index in [1.54, 1.807) is 0 Å². The standard InChI is InChI=1S/C46H30N4.C43H26N6.C40H26N3OP/c1-3-11-31(12-4-1)33-19-23-36(24-20-33)49(37-25-21-34(22-26-37)32-13-5-2-6-14-32)38-27-28-43-39(30-38)45-40(29-35-15-7-8-16-41(35)47-45)46-48-42-17-9-10-18-44(42)50(43)46;1-3-11-28(12-4-1)40-46-41(29-13-5-2-6-14-29)48-42(47-40)30-21-19-27(20-22-30)31-23-24-37-33(25-31)39-34(26-32-15-7-8-16-35(32)44-39)43-45-36-17-9-10-18-38(36)49(37)43;44-45(30-12-3-1-4-13-30,31-14-5-2-6-15-31)32-22-19-27(20-23-32)28-21-24-37-33(25-28)39-34(26-29-11-7-8-16-35(29)41-39)40-42-36-17-9-10-18-38(36)43(37)40/h1-30H;1-26H;1-26H. The van der Waals surface area contributed by atoms with Crippen LogP contribution in [-0.4, -0.2) is 58.1 Å². The van der Waals surface area contributed by atoms with Crippen LogP contribution < -0.4 is 20.8 Å².